The van der Waals surface area contributed by atoms with Crippen LogP contribution in [-0.4, -0.2) is 15.0 Å². The largest absolute Gasteiger partial charge is 0.240 e. The summed E-state index contributed by atoms with van der Waals surface area (Å²) in [6, 6.07) is 25.3. The maximum absolute atomic E-state index is 12.7. The second kappa shape index (κ2) is 8.51. The molecule has 0 aliphatic rings. The molecule has 140 valence electrons. The Bertz CT molecular complexity index is 980. The predicted octanol–water partition coefficient (Wildman–Crippen LogP) is 4.61. The number of hydrogen-bond acceptors (Lipinski definition) is 2. The third-order valence-corrected chi connectivity index (χ3v) is 6.24. The maximum Gasteiger partial charge on any atom is 0.240 e. The molecule has 0 saturated carbocycles. The summed E-state index contributed by atoms with van der Waals surface area (Å²) < 4.78 is 28.2. The Kier molecular flexibility index (Phi) is 6.09. The molecule has 0 radical (unpaired) electrons. The lowest BCUT2D eigenvalue weighted by atomic mass is 9.89. The van der Waals surface area contributed by atoms with Crippen LogP contribution in [0.3, 0.4) is 0 Å². The normalized spacial score (nSPS) is 12.7. The van der Waals surface area contributed by atoms with Crippen molar-refractivity contribution in [1.82, 2.24) is 4.72 Å². The van der Waals surface area contributed by atoms with Gasteiger partial charge < -0.3 is 0 Å². The zero-order valence-electron chi connectivity index (χ0n) is 15.7. The van der Waals surface area contributed by atoms with Gasteiger partial charge in [-0.05, 0) is 49.1 Å². The van der Waals surface area contributed by atoms with Crippen molar-refractivity contribution in [3.05, 3.63) is 101 Å². The monoisotopic (exact) mass is 379 g/mol. The first kappa shape index (κ1) is 19.3. The predicted molar refractivity (Wildman–Crippen MR) is 110 cm³/mol. The van der Waals surface area contributed by atoms with E-state index in [1.807, 2.05) is 49.4 Å². The molecule has 0 aromatic heterocycles. The van der Waals surface area contributed by atoms with Crippen molar-refractivity contribution in [2.75, 3.05) is 6.54 Å². The molecule has 0 heterocycles. The van der Waals surface area contributed by atoms with Crippen molar-refractivity contribution < 1.29 is 8.42 Å². The first-order chi connectivity index (χ1) is 13.0. The fourth-order valence-corrected chi connectivity index (χ4v) is 4.33. The Labute approximate surface area is 162 Å². The molecule has 3 rings (SSSR count). The lowest BCUT2D eigenvalue weighted by Crippen LogP contribution is -2.29. The van der Waals surface area contributed by atoms with Crippen LogP contribution >= 0.6 is 0 Å². The zero-order chi connectivity index (χ0) is 19.3. The van der Waals surface area contributed by atoms with Gasteiger partial charge in [-0.1, -0.05) is 72.3 Å². The van der Waals surface area contributed by atoms with Gasteiger partial charge in [0.25, 0.3) is 0 Å². The van der Waals surface area contributed by atoms with E-state index in [1.165, 1.54) is 16.7 Å². The molecule has 0 spiro atoms. The highest BCUT2D eigenvalue weighted by Crippen LogP contribution is 2.24. The fraction of sp³-hybridized carbons (Fsp3) is 0.217. The van der Waals surface area contributed by atoms with Crippen LogP contribution in [0.25, 0.3) is 0 Å². The molecular formula is C23H25NO2S. The van der Waals surface area contributed by atoms with Crippen molar-refractivity contribution in [3.8, 4) is 0 Å². The number of sulfonamides is 1. The third kappa shape index (κ3) is 5.06. The molecule has 1 unspecified atom stereocenters. The minimum absolute atomic E-state index is 0.0637. The maximum atomic E-state index is 12.7. The molecule has 0 saturated heterocycles. The minimum Gasteiger partial charge on any atom is -0.211 e. The highest BCUT2D eigenvalue weighted by molar-refractivity contribution is 7.89. The summed E-state index contributed by atoms with van der Waals surface area (Å²) in [5.74, 6) is 0.0637. The van der Waals surface area contributed by atoms with Gasteiger partial charge in [0.1, 0.15) is 0 Å². The molecule has 0 bridgehead atoms. The molecule has 0 amide bonds. The van der Waals surface area contributed by atoms with Crippen LogP contribution in [0.4, 0.5) is 0 Å². The van der Waals surface area contributed by atoms with E-state index in [0.717, 1.165) is 12.0 Å². The van der Waals surface area contributed by atoms with Gasteiger partial charge in [-0.25, -0.2) is 13.1 Å². The Balaban J connectivity index is 1.83. The van der Waals surface area contributed by atoms with E-state index in [1.54, 1.807) is 12.1 Å². The van der Waals surface area contributed by atoms with Gasteiger partial charge >= 0.3 is 0 Å². The first-order valence-electron chi connectivity index (χ1n) is 9.11. The van der Waals surface area contributed by atoms with Crippen LogP contribution in [0.15, 0.2) is 83.8 Å². The SMILES string of the molecule is Cc1ccc(S(=O)(=O)NCC(Cc2ccccc2)c2ccccc2C)cc1. The van der Waals surface area contributed by atoms with Gasteiger partial charge in [-0.3, -0.25) is 0 Å². The average Bonchev–Trinajstić information content (AvgIpc) is 2.67. The van der Waals surface area contributed by atoms with Crippen molar-refractivity contribution in [2.45, 2.75) is 31.1 Å². The van der Waals surface area contributed by atoms with E-state index in [0.29, 0.717) is 11.4 Å². The summed E-state index contributed by atoms with van der Waals surface area (Å²) >= 11 is 0. The lowest BCUT2D eigenvalue weighted by molar-refractivity contribution is 0.568. The standard InChI is InChI=1S/C23H25NO2S/c1-18-12-14-22(15-13-18)27(25,26)24-17-21(16-20-9-4-3-5-10-20)23-11-7-6-8-19(23)2/h3-15,21,24H,16-17H2,1-2H3. The first-order valence-corrected chi connectivity index (χ1v) is 10.6. The molecular weight excluding hydrogens is 354 g/mol. The highest BCUT2D eigenvalue weighted by atomic mass is 32.2. The highest BCUT2D eigenvalue weighted by Gasteiger charge is 2.19. The van der Waals surface area contributed by atoms with Gasteiger partial charge in [0.2, 0.25) is 10.0 Å². The summed E-state index contributed by atoms with van der Waals surface area (Å²) in [7, 11) is -3.54. The molecule has 0 fully saturated rings. The van der Waals surface area contributed by atoms with Crippen molar-refractivity contribution >= 4 is 10.0 Å². The average molecular weight is 380 g/mol. The zero-order valence-corrected chi connectivity index (χ0v) is 16.5. The van der Waals surface area contributed by atoms with Crippen molar-refractivity contribution in [3.63, 3.8) is 0 Å². The quantitative estimate of drug-likeness (QED) is 0.652. The molecule has 1 atom stereocenters. The molecule has 27 heavy (non-hydrogen) atoms. The topological polar surface area (TPSA) is 46.2 Å². The molecule has 0 aliphatic carbocycles. The number of rotatable bonds is 7. The Morgan fingerprint density at radius 2 is 1.44 bits per heavy atom. The molecule has 3 aromatic rings. The van der Waals surface area contributed by atoms with Crippen molar-refractivity contribution in [1.29, 1.82) is 0 Å². The van der Waals surface area contributed by atoms with Crippen LogP contribution < -0.4 is 4.72 Å². The van der Waals surface area contributed by atoms with E-state index < -0.39 is 10.0 Å². The van der Waals surface area contributed by atoms with E-state index >= 15 is 0 Å². The molecule has 3 nitrogen and oxygen atoms in total. The van der Waals surface area contributed by atoms with Gasteiger partial charge in [0, 0.05) is 12.5 Å². The number of nitrogens with one attached hydrogen (secondary N) is 1. The summed E-state index contributed by atoms with van der Waals surface area (Å²) in [6.07, 6.45) is 0.780. The molecule has 0 aliphatic heterocycles. The van der Waals surface area contributed by atoms with Crippen LogP contribution in [0.1, 0.15) is 28.2 Å². The Morgan fingerprint density at radius 3 is 2.11 bits per heavy atom. The van der Waals surface area contributed by atoms with Crippen LogP contribution in [0, 0.1) is 13.8 Å². The Hall–Kier alpha value is -2.43. The van der Waals surface area contributed by atoms with Crippen LogP contribution in [0.5, 0.6) is 0 Å². The third-order valence-electron chi connectivity index (χ3n) is 4.80. The minimum atomic E-state index is -3.54. The summed E-state index contributed by atoms with van der Waals surface area (Å²) in [6.45, 7) is 4.37. The van der Waals surface area contributed by atoms with Crippen LogP contribution in [0.2, 0.25) is 0 Å². The fourth-order valence-electron chi connectivity index (χ4n) is 3.25. The summed E-state index contributed by atoms with van der Waals surface area (Å²) in [5, 5.41) is 0. The van der Waals surface area contributed by atoms with E-state index in [2.05, 4.69) is 35.9 Å². The van der Waals surface area contributed by atoms with Gasteiger partial charge in [-0.2, -0.15) is 0 Å². The van der Waals surface area contributed by atoms with E-state index in [-0.39, 0.29) is 5.92 Å². The lowest BCUT2D eigenvalue weighted by Gasteiger charge is -2.20. The van der Waals surface area contributed by atoms with Gasteiger partial charge in [0.15, 0.2) is 0 Å². The molecule has 3 aromatic carbocycles. The number of hydrogen-bond donors (Lipinski definition) is 1. The van der Waals surface area contributed by atoms with Gasteiger partial charge in [0.05, 0.1) is 4.90 Å². The molecule has 4 heteroatoms. The van der Waals surface area contributed by atoms with Crippen molar-refractivity contribution in [2.24, 2.45) is 0 Å². The van der Waals surface area contributed by atoms with Gasteiger partial charge in [-0.15, -0.1) is 0 Å². The summed E-state index contributed by atoms with van der Waals surface area (Å²) in [5.41, 5.74) is 4.58. The number of benzene rings is 3. The van der Waals surface area contributed by atoms with E-state index in [4.69, 9.17) is 0 Å². The molecule has 1 N–H and O–H groups in total. The second-order valence-corrected chi connectivity index (χ2v) is 8.68. The van der Waals surface area contributed by atoms with Crippen LogP contribution in [-0.2, 0) is 16.4 Å². The number of aryl methyl sites for hydroxylation is 2. The smallest absolute Gasteiger partial charge is 0.211 e. The second-order valence-electron chi connectivity index (χ2n) is 6.91. The Morgan fingerprint density at radius 1 is 0.815 bits per heavy atom. The summed E-state index contributed by atoms with van der Waals surface area (Å²) in [4.78, 5) is 0.302. The van der Waals surface area contributed by atoms with E-state index in [9.17, 15) is 8.42 Å².